The third-order valence-corrected chi connectivity index (χ3v) is 2.70. The molecule has 0 bridgehead atoms. The molecule has 11 heavy (non-hydrogen) atoms. The maximum atomic E-state index is 11.3. The van der Waals surface area contributed by atoms with Crippen LogP contribution in [0.4, 0.5) is 0 Å². The standard InChI is InChI=1S/C9H13NO/c1-7-4-5-9(11)10-6-2-3-8(7)10/h4,8H,2-3,5-6H2,1H3/t8-/m0/s1. The van der Waals surface area contributed by atoms with E-state index in [2.05, 4.69) is 13.0 Å². The van der Waals surface area contributed by atoms with E-state index in [1.54, 1.807) is 0 Å². The van der Waals surface area contributed by atoms with Crippen LogP contribution in [0.15, 0.2) is 11.6 Å². The molecule has 0 aromatic heterocycles. The second kappa shape index (κ2) is 2.36. The monoisotopic (exact) mass is 151 g/mol. The fraction of sp³-hybridized carbons (Fsp3) is 0.667. The van der Waals surface area contributed by atoms with Crippen LogP contribution in [0.2, 0.25) is 0 Å². The largest absolute Gasteiger partial charge is 0.336 e. The highest BCUT2D eigenvalue weighted by Gasteiger charge is 2.31. The fourth-order valence-corrected chi connectivity index (χ4v) is 2.04. The van der Waals surface area contributed by atoms with Gasteiger partial charge in [-0.2, -0.15) is 0 Å². The van der Waals surface area contributed by atoms with Crippen LogP contribution in [0.25, 0.3) is 0 Å². The lowest BCUT2D eigenvalue weighted by atomic mass is 10.0. The predicted octanol–water partition coefficient (Wildman–Crippen LogP) is 1.33. The molecule has 1 fully saturated rings. The van der Waals surface area contributed by atoms with Gasteiger partial charge in [0.15, 0.2) is 0 Å². The van der Waals surface area contributed by atoms with Gasteiger partial charge in [0, 0.05) is 13.0 Å². The molecule has 2 nitrogen and oxygen atoms in total. The highest BCUT2D eigenvalue weighted by molar-refractivity contribution is 5.80. The number of fused-ring (bicyclic) bond motifs is 1. The molecule has 2 aliphatic rings. The Balaban J connectivity index is 2.27. The molecule has 1 atom stereocenters. The minimum Gasteiger partial charge on any atom is -0.336 e. The number of carbonyl (C=O) groups is 1. The lowest BCUT2D eigenvalue weighted by Gasteiger charge is -2.28. The summed E-state index contributed by atoms with van der Waals surface area (Å²) < 4.78 is 0. The molecule has 0 radical (unpaired) electrons. The van der Waals surface area contributed by atoms with Crippen molar-refractivity contribution in [2.45, 2.75) is 32.2 Å². The van der Waals surface area contributed by atoms with E-state index in [9.17, 15) is 4.79 Å². The Kier molecular flexibility index (Phi) is 1.48. The summed E-state index contributed by atoms with van der Waals surface area (Å²) in [7, 11) is 0. The van der Waals surface area contributed by atoms with Crippen molar-refractivity contribution in [1.82, 2.24) is 4.90 Å². The van der Waals surface area contributed by atoms with Crippen LogP contribution in [-0.2, 0) is 4.79 Å². The Morgan fingerprint density at radius 2 is 2.45 bits per heavy atom. The van der Waals surface area contributed by atoms with Crippen molar-refractivity contribution in [2.24, 2.45) is 0 Å². The first kappa shape index (κ1) is 6.89. The first-order valence-electron chi connectivity index (χ1n) is 4.25. The number of hydrogen-bond acceptors (Lipinski definition) is 1. The quantitative estimate of drug-likeness (QED) is 0.478. The SMILES string of the molecule is CC1=CCC(=O)N2CCC[C@@H]12. The third kappa shape index (κ3) is 0.971. The van der Waals surface area contributed by atoms with Crippen molar-refractivity contribution in [1.29, 1.82) is 0 Å². The summed E-state index contributed by atoms with van der Waals surface area (Å²) in [6.07, 6.45) is 5.06. The summed E-state index contributed by atoms with van der Waals surface area (Å²) in [5, 5.41) is 0. The number of nitrogens with zero attached hydrogens (tertiary/aromatic N) is 1. The van der Waals surface area contributed by atoms with E-state index in [0.717, 1.165) is 6.54 Å². The Morgan fingerprint density at radius 1 is 1.64 bits per heavy atom. The van der Waals surface area contributed by atoms with Crippen LogP contribution in [0.3, 0.4) is 0 Å². The van der Waals surface area contributed by atoms with E-state index in [-0.39, 0.29) is 0 Å². The first-order chi connectivity index (χ1) is 5.29. The van der Waals surface area contributed by atoms with E-state index >= 15 is 0 Å². The molecule has 2 heterocycles. The smallest absolute Gasteiger partial charge is 0.226 e. The lowest BCUT2D eigenvalue weighted by molar-refractivity contribution is -0.131. The van der Waals surface area contributed by atoms with E-state index in [4.69, 9.17) is 0 Å². The predicted molar refractivity (Wildman–Crippen MR) is 43.1 cm³/mol. The van der Waals surface area contributed by atoms with Crippen LogP contribution < -0.4 is 0 Å². The topological polar surface area (TPSA) is 20.3 Å². The second-order valence-corrected chi connectivity index (χ2v) is 3.40. The van der Waals surface area contributed by atoms with Crippen LogP contribution in [0, 0.1) is 0 Å². The van der Waals surface area contributed by atoms with E-state index in [1.807, 2.05) is 4.90 Å². The van der Waals surface area contributed by atoms with Crippen molar-refractivity contribution in [3.8, 4) is 0 Å². The second-order valence-electron chi connectivity index (χ2n) is 3.40. The minimum atomic E-state index is 0.318. The normalized spacial score (nSPS) is 30.3. The zero-order valence-electron chi connectivity index (χ0n) is 6.84. The summed E-state index contributed by atoms with van der Waals surface area (Å²) in [4.78, 5) is 13.3. The van der Waals surface area contributed by atoms with Crippen molar-refractivity contribution >= 4 is 5.91 Å². The lowest BCUT2D eigenvalue weighted by Crippen LogP contribution is -2.38. The molecule has 0 N–H and O–H groups in total. The van der Waals surface area contributed by atoms with Crippen molar-refractivity contribution < 1.29 is 4.79 Å². The Morgan fingerprint density at radius 3 is 3.18 bits per heavy atom. The highest BCUT2D eigenvalue weighted by atomic mass is 16.2. The molecule has 2 aliphatic heterocycles. The Bertz CT molecular complexity index is 220. The van der Waals surface area contributed by atoms with E-state index in [1.165, 1.54) is 18.4 Å². The molecule has 0 spiro atoms. The molecule has 2 rings (SSSR count). The van der Waals surface area contributed by atoms with Gasteiger partial charge in [0.2, 0.25) is 5.91 Å². The summed E-state index contributed by atoms with van der Waals surface area (Å²) in [5.74, 6) is 0.318. The van der Waals surface area contributed by atoms with Crippen molar-refractivity contribution in [3.63, 3.8) is 0 Å². The molecule has 0 unspecified atom stereocenters. The average molecular weight is 151 g/mol. The maximum absolute atomic E-state index is 11.3. The Hall–Kier alpha value is -0.790. The third-order valence-electron chi connectivity index (χ3n) is 2.70. The molecule has 60 valence electrons. The van der Waals surface area contributed by atoms with Crippen LogP contribution in [0.5, 0.6) is 0 Å². The number of amides is 1. The van der Waals surface area contributed by atoms with E-state index in [0.29, 0.717) is 18.4 Å². The number of hydrogen-bond donors (Lipinski definition) is 0. The van der Waals surface area contributed by atoms with Crippen molar-refractivity contribution in [3.05, 3.63) is 11.6 Å². The van der Waals surface area contributed by atoms with Gasteiger partial charge in [-0.15, -0.1) is 0 Å². The molecule has 0 aliphatic carbocycles. The molecule has 1 saturated heterocycles. The van der Waals surface area contributed by atoms with Crippen molar-refractivity contribution in [2.75, 3.05) is 6.54 Å². The molecular weight excluding hydrogens is 138 g/mol. The van der Waals surface area contributed by atoms with Gasteiger partial charge in [0.1, 0.15) is 0 Å². The van der Waals surface area contributed by atoms with Crippen LogP contribution >= 0.6 is 0 Å². The van der Waals surface area contributed by atoms with Crippen LogP contribution in [-0.4, -0.2) is 23.4 Å². The van der Waals surface area contributed by atoms with Gasteiger partial charge in [-0.25, -0.2) is 0 Å². The summed E-state index contributed by atoms with van der Waals surface area (Å²) in [5.41, 5.74) is 1.39. The van der Waals surface area contributed by atoms with Crippen LogP contribution in [0.1, 0.15) is 26.2 Å². The Labute approximate surface area is 66.9 Å². The van der Waals surface area contributed by atoms with Gasteiger partial charge in [0.05, 0.1) is 6.04 Å². The summed E-state index contributed by atoms with van der Waals surface area (Å²) in [6.45, 7) is 3.12. The zero-order chi connectivity index (χ0) is 7.84. The molecule has 0 aromatic rings. The summed E-state index contributed by atoms with van der Waals surface area (Å²) in [6, 6.07) is 0.455. The highest BCUT2D eigenvalue weighted by Crippen LogP contribution is 2.27. The number of rotatable bonds is 0. The summed E-state index contributed by atoms with van der Waals surface area (Å²) >= 11 is 0. The molecular formula is C9H13NO. The molecule has 1 amide bonds. The van der Waals surface area contributed by atoms with Gasteiger partial charge in [-0.05, 0) is 19.8 Å². The minimum absolute atomic E-state index is 0.318. The van der Waals surface area contributed by atoms with Gasteiger partial charge >= 0.3 is 0 Å². The van der Waals surface area contributed by atoms with Gasteiger partial charge in [-0.3, -0.25) is 4.79 Å². The van der Waals surface area contributed by atoms with Gasteiger partial charge in [-0.1, -0.05) is 11.6 Å². The molecule has 2 heteroatoms. The molecule has 0 saturated carbocycles. The van der Waals surface area contributed by atoms with Gasteiger partial charge in [0.25, 0.3) is 0 Å². The average Bonchev–Trinajstić information content (AvgIpc) is 2.45. The first-order valence-corrected chi connectivity index (χ1v) is 4.25. The fourth-order valence-electron chi connectivity index (χ4n) is 2.04. The maximum Gasteiger partial charge on any atom is 0.226 e. The zero-order valence-corrected chi connectivity index (χ0v) is 6.84. The molecule has 0 aromatic carbocycles. The van der Waals surface area contributed by atoms with E-state index < -0.39 is 0 Å². The van der Waals surface area contributed by atoms with Gasteiger partial charge < -0.3 is 4.90 Å². The number of carbonyl (C=O) groups excluding carboxylic acids is 1.